The van der Waals surface area contributed by atoms with Gasteiger partial charge in [0.1, 0.15) is 5.82 Å². The molecule has 1 N–H and O–H groups in total. The normalized spacial score (nSPS) is 10.7. The number of halogens is 2. The van der Waals surface area contributed by atoms with Gasteiger partial charge in [0.15, 0.2) is 4.77 Å². The van der Waals surface area contributed by atoms with Crippen molar-refractivity contribution in [3.8, 4) is 11.8 Å². The molecule has 6 heteroatoms. The Labute approximate surface area is 123 Å². The number of nitrogens with one attached hydrogen (secondary N) is 1. The summed E-state index contributed by atoms with van der Waals surface area (Å²) in [6, 6.07) is 11.4. The molecule has 1 aromatic heterocycles. The number of aromatic amines is 1. The minimum absolute atomic E-state index is 0.285. The Morgan fingerprint density at radius 3 is 2.75 bits per heavy atom. The minimum Gasteiger partial charge on any atom is -0.330 e. The molecule has 0 aliphatic rings. The lowest BCUT2D eigenvalue weighted by atomic mass is 10.2. The molecule has 0 spiro atoms. The third-order valence-electron chi connectivity index (χ3n) is 2.92. The van der Waals surface area contributed by atoms with Gasteiger partial charge in [0, 0.05) is 5.02 Å². The zero-order valence-electron chi connectivity index (χ0n) is 10.0. The van der Waals surface area contributed by atoms with Crippen LogP contribution in [-0.2, 0) is 0 Å². The average Bonchev–Trinajstić information content (AvgIpc) is 2.72. The second kappa shape index (κ2) is 4.75. The number of imidazole rings is 1. The van der Waals surface area contributed by atoms with Crippen LogP contribution < -0.4 is 0 Å². The molecule has 98 valence electrons. The lowest BCUT2D eigenvalue weighted by molar-refractivity contribution is 0.627. The zero-order chi connectivity index (χ0) is 14.3. The molecule has 2 aromatic carbocycles. The van der Waals surface area contributed by atoms with Crippen LogP contribution in [0.25, 0.3) is 16.7 Å². The van der Waals surface area contributed by atoms with E-state index in [4.69, 9.17) is 29.1 Å². The molecular formula is C14H7ClFN3S. The van der Waals surface area contributed by atoms with Crippen molar-refractivity contribution in [1.82, 2.24) is 9.55 Å². The molecule has 3 aromatic rings. The first-order valence-corrected chi connectivity index (χ1v) is 6.48. The highest BCUT2D eigenvalue weighted by atomic mass is 35.5. The third-order valence-corrected chi connectivity index (χ3v) is 3.42. The van der Waals surface area contributed by atoms with E-state index >= 15 is 0 Å². The molecule has 0 atom stereocenters. The Morgan fingerprint density at radius 1 is 1.25 bits per heavy atom. The van der Waals surface area contributed by atoms with Gasteiger partial charge in [-0.05, 0) is 48.6 Å². The van der Waals surface area contributed by atoms with Crippen molar-refractivity contribution in [3.05, 3.63) is 57.6 Å². The van der Waals surface area contributed by atoms with Crippen molar-refractivity contribution >= 4 is 34.9 Å². The minimum atomic E-state index is -0.444. The topological polar surface area (TPSA) is 44.5 Å². The standard InChI is InChI=1S/C14H7ClFN3S/c15-9-4-10(16)6-11(5-9)19-13-3-8(7-17)1-2-12(13)18-14(19)20/h1-6H,(H,18,20). The Kier molecular flexibility index (Phi) is 3.05. The van der Waals surface area contributed by atoms with Crippen LogP contribution >= 0.6 is 23.8 Å². The summed E-state index contributed by atoms with van der Waals surface area (Å²) in [5.41, 5.74) is 2.49. The van der Waals surface area contributed by atoms with Gasteiger partial charge >= 0.3 is 0 Å². The van der Waals surface area contributed by atoms with Crippen molar-refractivity contribution in [2.24, 2.45) is 0 Å². The highest BCUT2D eigenvalue weighted by molar-refractivity contribution is 7.71. The molecule has 3 nitrogen and oxygen atoms in total. The Balaban J connectivity index is 2.38. The molecule has 1 heterocycles. The van der Waals surface area contributed by atoms with Crippen molar-refractivity contribution in [3.63, 3.8) is 0 Å². The number of H-pyrrole nitrogens is 1. The van der Waals surface area contributed by atoms with Crippen molar-refractivity contribution < 1.29 is 4.39 Å². The first kappa shape index (κ1) is 12.9. The van der Waals surface area contributed by atoms with E-state index in [1.807, 2.05) is 0 Å². The summed E-state index contributed by atoms with van der Waals surface area (Å²) < 4.78 is 15.6. The van der Waals surface area contributed by atoms with Gasteiger partial charge in [-0.2, -0.15) is 5.26 Å². The molecule has 20 heavy (non-hydrogen) atoms. The monoisotopic (exact) mass is 303 g/mol. The molecule has 0 amide bonds. The van der Waals surface area contributed by atoms with Crippen LogP contribution in [0.4, 0.5) is 4.39 Å². The van der Waals surface area contributed by atoms with E-state index in [9.17, 15) is 4.39 Å². The number of hydrogen-bond acceptors (Lipinski definition) is 2. The summed E-state index contributed by atoms with van der Waals surface area (Å²) in [4.78, 5) is 3.02. The van der Waals surface area contributed by atoms with Crippen LogP contribution in [-0.4, -0.2) is 9.55 Å². The van der Waals surface area contributed by atoms with Gasteiger partial charge in [-0.1, -0.05) is 11.6 Å². The van der Waals surface area contributed by atoms with Crippen molar-refractivity contribution in [1.29, 1.82) is 5.26 Å². The van der Waals surface area contributed by atoms with Gasteiger partial charge in [-0.15, -0.1) is 0 Å². The molecule has 0 saturated heterocycles. The fraction of sp³-hybridized carbons (Fsp3) is 0. The van der Waals surface area contributed by atoms with E-state index in [1.165, 1.54) is 12.1 Å². The van der Waals surface area contributed by atoms with E-state index in [0.717, 1.165) is 5.52 Å². The van der Waals surface area contributed by atoms with Gasteiger partial charge in [-0.25, -0.2) is 4.39 Å². The Bertz CT molecular complexity index is 900. The van der Waals surface area contributed by atoms with E-state index < -0.39 is 5.82 Å². The Hall–Kier alpha value is -2.16. The molecule has 0 saturated carbocycles. The maximum Gasteiger partial charge on any atom is 0.182 e. The Morgan fingerprint density at radius 2 is 2.05 bits per heavy atom. The number of rotatable bonds is 1. The van der Waals surface area contributed by atoms with Crippen LogP contribution in [0.2, 0.25) is 5.02 Å². The fourth-order valence-corrected chi connectivity index (χ4v) is 2.63. The molecule has 0 aliphatic heterocycles. The van der Waals surface area contributed by atoms with E-state index in [0.29, 0.717) is 21.5 Å². The van der Waals surface area contributed by atoms with Crippen LogP contribution in [0, 0.1) is 21.9 Å². The first-order chi connectivity index (χ1) is 9.58. The molecule has 0 radical (unpaired) electrons. The maximum atomic E-state index is 13.5. The van der Waals surface area contributed by atoms with E-state index in [2.05, 4.69) is 11.1 Å². The maximum absolute atomic E-state index is 13.5. The van der Waals surface area contributed by atoms with Crippen molar-refractivity contribution in [2.75, 3.05) is 0 Å². The largest absolute Gasteiger partial charge is 0.330 e. The smallest absolute Gasteiger partial charge is 0.182 e. The fourth-order valence-electron chi connectivity index (χ4n) is 2.10. The van der Waals surface area contributed by atoms with Crippen LogP contribution in [0.5, 0.6) is 0 Å². The SMILES string of the molecule is N#Cc1ccc2[nH]c(=S)n(-c3cc(F)cc(Cl)c3)c2c1. The average molecular weight is 304 g/mol. The van der Waals surface area contributed by atoms with Crippen molar-refractivity contribution in [2.45, 2.75) is 0 Å². The molecule has 0 unspecified atom stereocenters. The number of benzene rings is 2. The summed E-state index contributed by atoms with van der Waals surface area (Å²) in [6.07, 6.45) is 0. The summed E-state index contributed by atoms with van der Waals surface area (Å²) in [6.45, 7) is 0. The molecular weight excluding hydrogens is 297 g/mol. The number of nitrogens with zero attached hydrogens (tertiary/aromatic N) is 2. The van der Waals surface area contributed by atoms with E-state index in [-0.39, 0.29) is 5.02 Å². The lowest BCUT2D eigenvalue weighted by Crippen LogP contribution is -1.95. The summed E-state index contributed by atoms with van der Waals surface area (Å²) >= 11 is 11.1. The number of hydrogen-bond donors (Lipinski definition) is 1. The van der Waals surface area contributed by atoms with Crippen LogP contribution in [0.1, 0.15) is 5.56 Å². The summed E-state index contributed by atoms with van der Waals surface area (Å²) in [5.74, 6) is -0.444. The summed E-state index contributed by atoms with van der Waals surface area (Å²) in [5, 5.41) is 9.26. The molecule has 3 rings (SSSR count). The number of fused-ring (bicyclic) bond motifs is 1. The predicted octanol–water partition coefficient (Wildman–Crippen LogP) is 4.35. The van der Waals surface area contributed by atoms with E-state index in [1.54, 1.807) is 28.8 Å². The second-order valence-corrected chi connectivity index (χ2v) is 5.06. The lowest BCUT2D eigenvalue weighted by Gasteiger charge is -2.05. The second-order valence-electron chi connectivity index (χ2n) is 4.24. The van der Waals surface area contributed by atoms with Gasteiger partial charge in [0.25, 0.3) is 0 Å². The quantitative estimate of drug-likeness (QED) is 0.679. The van der Waals surface area contributed by atoms with Gasteiger partial charge in [-0.3, -0.25) is 4.57 Å². The number of aromatic nitrogens is 2. The van der Waals surface area contributed by atoms with Crippen LogP contribution in [0.3, 0.4) is 0 Å². The summed E-state index contributed by atoms with van der Waals surface area (Å²) in [7, 11) is 0. The van der Waals surface area contributed by atoms with Gasteiger partial charge in [0.05, 0.1) is 28.4 Å². The zero-order valence-corrected chi connectivity index (χ0v) is 11.6. The molecule has 0 fully saturated rings. The highest BCUT2D eigenvalue weighted by Crippen LogP contribution is 2.23. The van der Waals surface area contributed by atoms with Gasteiger partial charge in [0.2, 0.25) is 0 Å². The highest BCUT2D eigenvalue weighted by Gasteiger charge is 2.09. The van der Waals surface area contributed by atoms with Crippen LogP contribution in [0.15, 0.2) is 36.4 Å². The third kappa shape index (κ3) is 2.09. The first-order valence-electron chi connectivity index (χ1n) is 5.70. The predicted molar refractivity (Wildman–Crippen MR) is 78.1 cm³/mol. The molecule has 0 aliphatic carbocycles. The molecule has 0 bridgehead atoms. The van der Waals surface area contributed by atoms with Gasteiger partial charge < -0.3 is 4.98 Å². The number of nitriles is 1.